The summed E-state index contributed by atoms with van der Waals surface area (Å²) in [5.41, 5.74) is 5.02. The fourth-order valence-electron chi connectivity index (χ4n) is 3.86. The number of nitrogens with zero attached hydrogens (tertiary/aromatic N) is 3. The van der Waals surface area contributed by atoms with Crippen LogP contribution in [0.1, 0.15) is 33.3 Å². The maximum absolute atomic E-state index is 16.0. The summed E-state index contributed by atoms with van der Waals surface area (Å²) in [7, 11) is -4.50. The van der Waals surface area contributed by atoms with Crippen molar-refractivity contribution >= 4 is 67.8 Å². The van der Waals surface area contributed by atoms with Gasteiger partial charge in [0.05, 0.1) is 16.1 Å². The highest BCUT2D eigenvalue weighted by Crippen LogP contribution is 2.38. The van der Waals surface area contributed by atoms with Crippen LogP contribution in [0.4, 0.5) is 20.7 Å². The molecule has 2 aromatic heterocycles. The number of nitrogens with one attached hydrogen (secondary N) is 1. The molecule has 0 atom stereocenters. The number of fused-ring (bicyclic) bond motifs is 1. The van der Waals surface area contributed by atoms with Crippen molar-refractivity contribution in [3.63, 3.8) is 0 Å². The van der Waals surface area contributed by atoms with Crippen molar-refractivity contribution in [2.24, 2.45) is 0 Å². The molecule has 15 heteroatoms. The van der Waals surface area contributed by atoms with Crippen LogP contribution in [0, 0.1) is 5.82 Å². The highest BCUT2D eigenvalue weighted by molar-refractivity contribution is 7.92. The second-order valence-corrected chi connectivity index (χ2v) is 12.2. The number of aromatic nitrogens is 3. The number of benzene rings is 2. The Morgan fingerprint density at radius 2 is 1.85 bits per heavy atom. The van der Waals surface area contributed by atoms with Gasteiger partial charge in [0.2, 0.25) is 0 Å². The number of sulfonamides is 1. The minimum Gasteiger partial charge on any atom is -0.461 e. The first-order valence-corrected chi connectivity index (χ1v) is 14.1. The van der Waals surface area contributed by atoms with E-state index in [4.69, 9.17) is 38.4 Å². The van der Waals surface area contributed by atoms with Crippen molar-refractivity contribution < 1.29 is 31.9 Å². The molecule has 4 rings (SSSR count). The zero-order valence-electron chi connectivity index (χ0n) is 22.2. The molecule has 0 amide bonds. The zero-order chi connectivity index (χ0) is 30.3. The molecule has 0 aliphatic rings. The molecule has 0 fully saturated rings. The number of esters is 1. The lowest BCUT2D eigenvalue weighted by Crippen LogP contribution is -2.26. The summed E-state index contributed by atoms with van der Waals surface area (Å²) in [6.45, 7) is 5.90. The van der Waals surface area contributed by atoms with Gasteiger partial charge >= 0.3 is 12.1 Å². The van der Waals surface area contributed by atoms with Gasteiger partial charge in [-0.25, -0.2) is 32.1 Å². The first-order chi connectivity index (χ1) is 19.1. The SMILES string of the molecule is CC(=O)OCc1cc(Cl)cc(S(=O)(=O)Nc2cccc(-c3cn(C(=O)OC(C)(C)C)c4ncnc(N)c34)c2F)c1Cl. The number of carbonyl (C=O) groups is 2. The predicted octanol–water partition coefficient (Wildman–Crippen LogP) is 5.77. The van der Waals surface area contributed by atoms with Crippen LogP contribution in [0.25, 0.3) is 22.2 Å². The Balaban J connectivity index is 1.79. The van der Waals surface area contributed by atoms with E-state index >= 15 is 4.39 Å². The molecule has 0 aliphatic carbocycles. The molecule has 0 radical (unpaired) electrons. The second-order valence-electron chi connectivity index (χ2n) is 9.78. The number of nitrogens with two attached hydrogens (primary N) is 1. The fraction of sp³-hybridized carbons (Fsp3) is 0.231. The number of rotatable bonds is 6. The average Bonchev–Trinajstić information content (AvgIpc) is 3.25. The largest absolute Gasteiger partial charge is 0.461 e. The van der Waals surface area contributed by atoms with Crippen molar-refractivity contribution in [1.29, 1.82) is 0 Å². The number of nitrogen functional groups attached to an aromatic ring is 1. The van der Waals surface area contributed by atoms with Gasteiger partial charge in [0, 0.05) is 34.8 Å². The maximum Gasteiger partial charge on any atom is 0.420 e. The van der Waals surface area contributed by atoms with Crippen LogP contribution >= 0.6 is 23.2 Å². The van der Waals surface area contributed by atoms with Gasteiger partial charge in [0.15, 0.2) is 11.5 Å². The smallest absolute Gasteiger partial charge is 0.420 e. The Bertz CT molecular complexity index is 1800. The normalized spacial score (nSPS) is 11.9. The zero-order valence-corrected chi connectivity index (χ0v) is 24.5. The summed E-state index contributed by atoms with van der Waals surface area (Å²) in [6, 6.07) is 6.40. The lowest BCUT2D eigenvalue weighted by molar-refractivity contribution is -0.142. The second kappa shape index (κ2) is 11.1. The van der Waals surface area contributed by atoms with Crippen molar-refractivity contribution in [2.45, 2.75) is 44.8 Å². The van der Waals surface area contributed by atoms with Gasteiger partial charge in [-0.15, -0.1) is 0 Å². The van der Waals surface area contributed by atoms with Crippen LogP contribution in [0.15, 0.2) is 47.8 Å². The number of ether oxygens (including phenoxy) is 2. The third-order valence-corrected chi connectivity index (χ3v) is 7.70. The molecule has 0 saturated carbocycles. The van der Waals surface area contributed by atoms with E-state index in [1.165, 1.54) is 37.4 Å². The molecule has 0 unspecified atom stereocenters. The molecule has 0 saturated heterocycles. The van der Waals surface area contributed by atoms with E-state index in [0.717, 1.165) is 17.0 Å². The third-order valence-electron chi connectivity index (χ3n) is 5.54. The Morgan fingerprint density at radius 3 is 2.51 bits per heavy atom. The number of halogens is 3. The van der Waals surface area contributed by atoms with Crippen molar-refractivity contribution in [2.75, 3.05) is 10.5 Å². The lowest BCUT2D eigenvalue weighted by Gasteiger charge is -2.19. The molecule has 11 nitrogen and oxygen atoms in total. The minimum atomic E-state index is -4.50. The molecular weight excluding hydrogens is 600 g/mol. The fourth-order valence-corrected chi connectivity index (χ4v) is 5.84. The Kier molecular flexibility index (Phi) is 8.16. The summed E-state index contributed by atoms with van der Waals surface area (Å²) in [5, 5.41) is -0.105. The number of hydrogen-bond acceptors (Lipinski definition) is 9. The first-order valence-electron chi connectivity index (χ1n) is 11.9. The summed E-state index contributed by atoms with van der Waals surface area (Å²) in [4.78, 5) is 31.7. The van der Waals surface area contributed by atoms with Gasteiger partial charge in [-0.1, -0.05) is 35.3 Å². The summed E-state index contributed by atoms with van der Waals surface area (Å²) < 4.78 is 56.2. The van der Waals surface area contributed by atoms with Gasteiger partial charge in [-0.05, 0) is 39.0 Å². The molecule has 2 aromatic carbocycles. The topological polar surface area (TPSA) is 156 Å². The molecule has 0 bridgehead atoms. The van der Waals surface area contributed by atoms with E-state index in [9.17, 15) is 18.0 Å². The van der Waals surface area contributed by atoms with E-state index in [1.807, 2.05) is 0 Å². The van der Waals surface area contributed by atoms with E-state index in [1.54, 1.807) is 20.8 Å². The van der Waals surface area contributed by atoms with E-state index in [-0.39, 0.29) is 50.2 Å². The van der Waals surface area contributed by atoms with Crippen molar-refractivity contribution in [3.8, 4) is 11.1 Å². The molecule has 4 aromatic rings. The monoisotopic (exact) mass is 623 g/mol. The van der Waals surface area contributed by atoms with Gasteiger partial charge in [0.25, 0.3) is 10.0 Å². The van der Waals surface area contributed by atoms with Gasteiger partial charge in [-0.3, -0.25) is 9.52 Å². The number of carbonyl (C=O) groups excluding carboxylic acids is 2. The predicted molar refractivity (Wildman–Crippen MR) is 152 cm³/mol. The van der Waals surface area contributed by atoms with Gasteiger partial charge in [0.1, 0.15) is 29.2 Å². The van der Waals surface area contributed by atoms with Crippen LogP contribution in [-0.2, 0) is 30.9 Å². The summed E-state index contributed by atoms with van der Waals surface area (Å²) in [5.74, 6) is -1.63. The quantitative estimate of drug-likeness (QED) is 0.254. The lowest BCUT2D eigenvalue weighted by atomic mass is 10.0. The molecule has 3 N–H and O–H groups in total. The van der Waals surface area contributed by atoms with E-state index < -0.39 is 44.1 Å². The maximum atomic E-state index is 16.0. The summed E-state index contributed by atoms with van der Waals surface area (Å²) >= 11 is 12.4. The third kappa shape index (κ3) is 6.37. The average molecular weight is 624 g/mol. The van der Waals surface area contributed by atoms with Crippen LogP contribution in [0.3, 0.4) is 0 Å². The van der Waals surface area contributed by atoms with E-state index in [2.05, 4.69) is 14.7 Å². The van der Waals surface area contributed by atoms with Crippen LogP contribution < -0.4 is 10.5 Å². The summed E-state index contributed by atoms with van der Waals surface area (Å²) in [6.07, 6.45) is 1.65. The van der Waals surface area contributed by atoms with Gasteiger partial charge < -0.3 is 15.2 Å². The molecule has 216 valence electrons. The number of anilines is 2. The molecule has 0 spiro atoms. The van der Waals surface area contributed by atoms with Crippen LogP contribution in [0.5, 0.6) is 0 Å². The standard InChI is InChI=1S/C26H24Cl2FN5O6S/c1-13(35)39-11-14-8-15(27)9-19(21(14)28)41(37,38)33-18-7-5-6-16(22(18)29)17-10-34(25(36)40-26(2,3)4)24-20(17)23(30)31-12-32-24/h5-10,12,33H,11H2,1-4H3,(H2,30,31,32). The Labute approximate surface area is 244 Å². The first kappa shape index (κ1) is 30.0. The highest BCUT2D eigenvalue weighted by atomic mass is 35.5. The minimum absolute atomic E-state index is 0.00317. The van der Waals surface area contributed by atoms with Crippen molar-refractivity contribution in [1.82, 2.24) is 14.5 Å². The Morgan fingerprint density at radius 1 is 1.15 bits per heavy atom. The van der Waals surface area contributed by atoms with Gasteiger partial charge in [-0.2, -0.15) is 0 Å². The number of hydrogen-bond donors (Lipinski definition) is 2. The highest BCUT2D eigenvalue weighted by Gasteiger charge is 2.27. The van der Waals surface area contributed by atoms with Crippen molar-refractivity contribution in [3.05, 3.63) is 64.3 Å². The molecule has 2 heterocycles. The molecule has 0 aliphatic heterocycles. The Hall–Kier alpha value is -3.94. The molecule has 41 heavy (non-hydrogen) atoms. The van der Waals surface area contributed by atoms with E-state index in [0.29, 0.717) is 0 Å². The van der Waals surface area contributed by atoms with Crippen LogP contribution in [0.2, 0.25) is 10.0 Å². The van der Waals surface area contributed by atoms with Crippen LogP contribution in [-0.4, -0.2) is 40.6 Å². The molecular formula is C26H24Cl2FN5O6S.